The molecule has 0 spiro atoms. The summed E-state index contributed by atoms with van der Waals surface area (Å²) in [5.74, 6) is -0.347. The molecule has 0 amide bonds. The van der Waals surface area contributed by atoms with Crippen molar-refractivity contribution >= 4 is 5.69 Å². The van der Waals surface area contributed by atoms with Crippen molar-refractivity contribution in [3.8, 4) is 0 Å². The summed E-state index contributed by atoms with van der Waals surface area (Å²) in [6.07, 6.45) is 0. The summed E-state index contributed by atoms with van der Waals surface area (Å²) in [5, 5.41) is 0. The Hall–Kier alpha value is -1.13. The van der Waals surface area contributed by atoms with Gasteiger partial charge in [-0.05, 0) is 17.7 Å². The van der Waals surface area contributed by atoms with Crippen LogP contribution in [0.15, 0.2) is 18.2 Å². The Labute approximate surface area is 88.6 Å². The van der Waals surface area contributed by atoms with Crippen LogP contribution in [-0.2, 0) is 11.3 Å². The SMILES string of the molecule is Nc1cc(CN2CCOCC2)ccc1F. The molecule has 3 nitrogen and oxygen atoms in total. The zero-order valence-electron chi connectivity index (χ0n) is 8.58. The predicted octanol–water partition coefficient (Wildman–Crippen LogP) is 1.24. The molecule has 1 aromatic rings. The molecule has 2 N–H and O–H groups in total. The van der Waals surface area contributed by atoms with Crippen molar-refractivity contribution in [1.29, 1.82) is 0 Å². The van der Waals surface area contributed by atoms with Crippen LogP contribution in [0, 0.1) is 5.82 Å². The Kier molecular flexibility index (Phi) is 3.18. The van der Waals surface area contributed by atoms with Gasteiger partial charge in [0.15, 0.2) is 0 Å². The van der Waals surface area contributed by atoms with Crippen LogP contribution in [-0.4, -0.2) is 31.2 Å². The van der Waals surface area contributed by atoms with Gasteiger partial charge in [0.25, 0.3) is 0 Å². The standard InChI is InChI=1S/C11H15FN2O/c12-10-2-1-9(7-11(10)13)8-14-3-5-15-6-4-14/h1-2,7H,3-6,8,13H2. The maximum Gasteiger partial charge on any atom is 0.146 e. The largest absolute Gasteiger partial charge is 0.396 e. The molecular weight excluding hydrogens is 195 g/mol. The molecule has 2 rings (SSSR count). The first-order valence-corrected chi connectivity index (χ1v) is 5.10. The molecule has 1 aliphatic rings. The van der Waals surface area contributed by atoms with E-state index in [1.54, 1.807) is 12.1 Å². The average molecular weight is 210 g/mol. The molecule has 1 saturated heterocycles. The van der Waals surface area contributed by atoms with E-state index >= 15 is 0 Å². The van der Waals surface area contributed by atoms with Crippen molar-refractivity contribution in [2.24, 2.45) is 0 Å². The topological polar surface area (TPSA) is 38.5 Å². The average Bonchev–Trinajstić information content (AvgIpc) is 2.25. The highest BCUT2D eigenvalue weighted by atomic mass is 19.1. The number of ether oxygens (including phenoxy) is 1. The van der Waals surface area contributed by atoms with Crippen molar-refractivity contribution in [1.82, 2.24) is 4.90 Å². The first kappa shape index (κ1) is 10.4. The Balaban J connectivity index is 2.00. The summed E-state index contributed by atoms with van der Waals surface area (Å²) in [6.45, 7) is 4.22. The van der Waals surface area contributed by atoms with Gasteiger partial charge in [-0.15, -0.1) is 0 Å². The van der Waals surface area contributed by atoms with Gasteiger partial charge in [-0.1, -0.05) is 6.07 Å². The lowest BCUT2D eigenvalue weighted by atomic mass is 10.2. The van der Waals surface area contributed by atoms with Gasteiger partial charge in [0.05, 0.1) is 18.9 Å². The highest BCUT2D eigenvalue weighted by Gasteiger charge is 2.11. The second-order valence-electron chi connectivity index (χ2n) is 3.74. The summed E-state index contributed by atoms with van der Waals surface area (Å²) in [5.41, 5.74) is 6.78. The lowest BCUT2D eigenvalue weighted by molar-refractivity contribution is 0.0342. The fourth-order valence-corrected chi connectivity index (χ4v) is 1.71. The summed E-state index contributed by atoms with van der Waals surface area (Å²) in [7, 11) is 0. The van der Waals surface area contributed by atoms with E-state index in [0.29, 0.717) is 0 Å². The van der Waals surface area contributed by atoms with Crippen molar-refractivity contribution in [2.45, 2.75) is 6.54 Å². The van der Waals surface area contributed by atoms with Gasteiger partial charge in [-0.2, -0.15) is 0 Å². The zero-order chi connectivity index (χ0) is 10.7. The van der Waals surface area contributed by atoms with E-state index in [-0.39, 0.29) is 11.5 Å². The van der Waals surface area contributed by atoms with Gasteiger partial charge in [0.2, 0.25) is 0 Å². The highest BCUT2D eigenvalue weighted by molar-refractivity contribution is 5.42. The van der Waals surface area contributed by atoms with Crippen molar-refractivity contribution in [3.05, 3.63) is 29.6 Å². The molecule has 0 saturated carbocycles. The number of hydrogen-bond acceptors (Lipinski definition) is 3. The van der Waals surface area contributed by atoms with Gasteiger partial charge >= 0.3 is 0 Å². The molecule has 4 heteroatoms. The number of anilines is 1. The summed E-state index contributed by atoms with van der Waals surface area (Å²) >= 11 is 0. The van der Waals surface area contributed by atoms with Gasteiger partial charge < -0.3 is 10.5 Å². The molecule has 1 aliphatic heterocycles. The Morgan fingerprint density at radius 1 is 1.33 bits per heavy atom. The molecule has 15 heavy (non-hydrogen) atoms. The minimum absolute atomic E-state index is 0.223. The third kappa shape index (κ3) is 2.67. The lowest BCUT2D eigenvalue weighted by Gasteiger charge is -2.26. The Morgan fingerprint density at radius 3 is 2.73 bits per heavy atom. The number of halogens is 1. The third-order valence-corrected chi connectivity index (χ3v) is 2.57. The fourth-order valence-electron chi connectivity index (χ4n) is 1.71. The minimum Gasteiger partial charge on any atom is -0.396 e. The van der Waals surface area contributed by atoms with E-state index in [2.05, 4.69) is 4.90 Å². The second kappa shape index (κ2) is 4.59. The van der Waals surface area contributed by atoms with Crippen LogP contribution in [0.2, 0.25) is 0 Å². The zero-order valence-corrected chi connectivity index (χ0v) is 8.58. The first-order valence-electron chi connectivity index (χ1n) is 5.10. The van der Waals surface area contributed by atoms with E-state index < -0.39 is 0 Å². The minimum atomic E-state index is -0.347. The smallest absolute Gasteiger partial charge is 0.146 e. The van der Waals surface area contributed by atoms with E-state index in [4.69, 9.17) is 10.5 Å². The highest BCUT2D eigenvalue weighted by Crippen LogP contribution is 2.14. The normalized spacial score (nSPS) is 17.9. The Bertz CT molecular complexity index is 337. The van der Waals surface area contributed by atoms with Crippen LogP contribution in [0.1, 0.15) is 5.56 Å². The van der Waals surface area contributed by atoms with E-state index in [0.717, 1.165) is 38.4 Å². The molecule has 82 valence electrons. The molecule has 0 unspecified atom stereocenters. The van der Waals surface area contributed by atoms with E-state index in [1.165, 1.54) is 6.07 Å². The molecular formula is C11H15FN2O. The molecule has 0 aliphatic carbocycles. The van der Waals surface area contributed by atoms with Gasteiger partial charge in [-0.25, -0.2) is 4.39 Å². The molecule has 1 heterocycles. The van der Waals surface area contributed by atoms with Gasteiger partial charge in [0, 0.05) is 19.6 Å². The van der Waals surface area contributed by atoms with Crippen LogP contribution in [0.4, 0.5) is 10.1 Å². The van der Waals surface area contributed by atoms with Crippen LogP contribution in [0.5, 0.6) is 0 Å². The van der Waals surface area contributed by atoms with Crippen LogP contribution < -0.4 is 5.73 Å². The summed E-state index contributed by atoms with van der Waals surface area (Å²) in [4.78, 5) is 2.27. The van der Waals surface area contributed by atoms with Crippen LogP contribution in [0.25, 0.3) is 0 Å². The van der Waals surface area contributed by atoms with Crippen molar-refractivity contribution < 1.29 is 9.13 Å². The number of nitrogens with two attached hydrogens (primary N) is 1. The fraction of sp³-hybridized carbons (Fsp3) is 0.455. The van der Waals surface area contributed by atoms with Gasteiger partial charge in [-0.3, -0.25) is 4.90 Å². The van der Waals surface area contributed by atoms with E-state index in [1.807, 2.05) is 0 Å². The molecule has 1 fully saturated rings. The third-order valence-electron chi connectivity index (χ3n) is 2.57. The van der Waals surface area contributed by atoms with Crippen LogP contribution in [0.3, 0.4) is 0 Å². The number of rotatable bonds is 2. The number of nitrogens with zero attached hydrogens (tertiary/aromatic N) is 1. The maximum absolute atomic E-state index is 12.9. The number of nitrogen functional groups attached to an aromatic ring is 1. The molecule has 0 bridgehead atoms. The van der Waals surface area contributed by atoms with E-state index in [9.17, 15) is 4.39 Å². The lowest BCUT2D eigenvalue weighted by Crippen LogP contribution is -2.35. The molecule has 1 aromatic carbocycles. The van der Waals surface area contributed by atoms with Crippen LogP contribution >= 0.6 is 0 Å². The number of benzene rings is 1. The van der Waals surface area contributed by atoms with Crippen molar-refractivity contribution in [2.75, 3.05) is 32.0 Å². The monoisotopic (exact) mass is 210 g/mol. The number of hydrogen-bond donors (Lipinski definition) is 1. The maximum atomic E-state index is 12.9. The summed E-state index contributed by atoms with van der Waals surface area (Å²) < 4.78 is 18.2. The Morgan fingerprint density at radius 2 is 2.07 bits per heavy atom. The number of morpholine rings is 1. The first-order chi connectivity index (χ1) is 7.25. The molecule has 0 atom stereocenters. The molecule has 0 aromatic heterocycles. The second-order valence-corrected chi connectivity index (χ2v) is 3.74. The quantitative estimate of drug-likeness (QED) is 0.746. The summed E-state index contributed by atoms with van der Waals surface area (Å²) in [6, 6.07) is 4.90. The molecule has 0 radical (unpaired) electrons. The predicted molar refractivity (Wildman–Crippen MR) is 56.9 cm³/mol. The van der Waals surface area contributed by atoms with Gasteiger partial charge in [0.1, 0.15) is 5.82 Å². The van der Waals surface area contributed by atoms with Crippen molar-refractivity contribution in [3.63, 3.8) is 0 Å².